The summed E-state index contributed by atoms with van der Waals surface area (Å²) in [5.74, 6) is 1.66. The molecule has 6 heteroatoms. The molecule has 0 saturated carbocycles. The molecule has 6 nitrogen and oxygen atoms in total. The van der Waals surface area contributed by atoms with Crippen LogP contribution in [0, 0.1) is 0 Å². The van der Waals surface area contributed by atoms with Crippen LogP contribution in [0.3, 0.4) is 0 Å². The third kappa shape index (κ3) is 4.34. The van der Waals surface area contributed by atoms with Crippen molar-refractivity contribution in [2.45, 2.75) is 12.5 Å². The van der Waals surface area contributed by atoms with E-state index in [0.29, 0.717) is 36.9 Å². The third-order valence-electron chi connectivity index (χ3n) is 4.67. The lowest BCUT2D eigenvalue weighted by molar-refractivity contribution is -0.138. The third-order valence-corrected chi connectivity index (χ3v) is 4.67. The number of benzene rings is 2. The molecule has 1 unspecified atom stereocenters. The molecule has 0 bridgehead atoms. The molecule has 0 aromatic heterocycles. The molecule has 144 valence electrons. The summed E-state index contributed by atoms with van der Waals surface area (Å²) >= 11 is 0. The first-order valence-electron chi connectivity index (χ1n) is 8.89. The number of rotatable bonds is 6. The van der Waals surface area contributed by atoms with Gasteiger partial charge in [0.05, 0.1) is 40.9 Å². The predicted molar refractivity (Wildman–Crippen MR) is 102 cm³/mol. The normalized spacial score (nSPS) is 16.7. The first-order valence-corrected chi connectivity index (χ1v) is 8.89. The van der Waals surface area contributed by atoms with Crippen LogP contribution in [-0.2, 0) is 16.0 Å². The highest BCUT2D eigenvalue weighted by Gasteiger charge is 2.26. The van der Waals surface area contributed by atoms with Crippen LogP contribution in [0.4, 0.5) is 0 Å². The van der Waals surface area contributed by atoms with Gasteiger partial charge in [-0.25, -0.2) is 0 Å². The molecule has 1 aliphatic heterocycles. The van der Waals surface area contributed by atoms with E-state index in [1.807, 2.05) is 47.4 Å². The summed E-state index contributed by atoms with van der Waals surface area (Å²) in [6.07, 6.45) is 0.168. The van der Waals surface area contributed by atoms with Crippen molar-refractivity contribution in [3.8, 4) is 17.2 Å². The smallest absolute Gasteiger partial charge is 0.227 e. The summed E-state index contributed by atoms with van der Waals surface area (Å²) in [5.41, 5.74) is 1.90. The van der Waals surface area contributed by atoms with Gasteiger partial charge in [-0.05, 0) is 23.3 Å². The van der Waals surface area contributed by atoms with E-state index in [9.17, 15) is 4.79 Å². The van der Waals surface area contributed by atoms with E-state index < -0.39 is 0 Å². The Morgan fingerprint density at radius 2 is 1.74 bits per heavy atom. The van der Waals surface area contributed by atoms with Crippen molar-refractivity contribution >= 4 is 5.91 Å². The summed E-state index contributed by atoms with van der Waals surface area (Å²) in [6.45, 7) is 1.67. The van der Waals surface area contributed by atoms with Gasteiger partial charge in [0, 0.05) is 6.54 Å². The minimum absolute atomic E-state index is 0.0495. The second-order valence-corrected chi connectivity index (χ2v) is 6.32. The summed E-state index contributed by atoms with van der Waals surface area (Å²) in [6, 6.07) is 13.6. The van der Waals surface area contributed by atoms with Gasteiger partial charge in [-0.2, -0.15) is 0 Å². The number of carbonyl (C=O) groups excluding carboxylic acids is 1. The van der Waals surface area contributed by atoms with Crippen molar-refractivity contribution in [3.05, 3.63) is 53.6 Å². The summed E-state index contributed by atoms with van der Waals surface area (Å²) in [4.78, 5) is 14.7. The molecule has 3 rings (SSSR count). The lowest BCUT2D eigenvalue weighted by Crippen LogP contribution is -2.42. The van der Waals surface area contributed by atoms with E-state index >= 15 is 0 Å². The Morgan fingerprint density at radius 3 is 2.33 bits per heavy atom. The highest BCUT2D eigenvalue weighted by Crippen LogP contribution is 2.38. The fraction of sp³-hybridized carbons (Fsp3) is 0.381. The zero-order valence-corrected chi connectivity index (χ0v) is 15.9. The van der Waals surface area contributed by atoms with Crippen molar-refractivity contribution in [1.82, 2.24) is 4.90 Å². The van der Waals surface area contributed by atoms with Gasteiger partial charge in [0.1, 0.15) is 6.10 Å². The number of morpholine rings is 1. The monoisotopic (exact) mass is 371 g/mol. The summed E-state index contributed by atoms with van der Waals surface area (Å²) < 4.78 is 21.9. The minimum atomic E-state index is -0.0937. The number of methoxy groups -OCH3 is 3. The van der Waals surface area contributed by atoms with E-state index in [4.69, 9.17) is 18.9 Å². The standard InChI is InChI=1S/C21H25NO5/c1-24-17-11-15(12-18(25-2)21(17)26-3)13-20(23)22-9-10-27-19(14-22)16-7-5-4-6-8-16/h4-8,11-12,19H,9-10,13-14H2,1-3H3. The van der Waals surface area contributed by atoms with Crippen LogP contribution in [-0.4, -0.2) is 51.8 Å². The average molecular weight is 371 g/mol. The van der Waals surface area contributed by atoms with Gasteiger partial charge in [0.15, 0.2) is 11.5 Å². The SMILES string of the molecule is COc1cc(CC(=O)N2CCOC(c3ccccc3)C2)cc(OC)c1OC. The highest BCUT2D eigenvalue weighted by atomic mass is 16.5. The molecule has 1 fully saturated rings. The Bertz CT molecular complexity index is 752. The molecule has 0 N–H and O–H groups in total. The van der Waals surface area contributed by atoms with E-state index in [2.05, 4.69) is 0 Å². The van der Waals surface area contributed by atoms with E-state index in [0.717, 1.165) is 11.1 Å². The molecular formula is C21H25NO5. The van der Waals surface area contributed by atoms with Crippen molar-refractivity contribution in [2.75, 3.05) is 41.0 Å². The Kier molecular flexibility index (Phi) is 6.19. The van der Waals surface area contributed by atoms with Gasteiger partial charge in [-0.3, -0.25) is 4.79 Å². The molecular weight excluding hydrogens is 346 g/mol. The molecule has 0 radical (unpaired) electrons. The van der Waals surface area contributed by atoms with Crippen molar-refractivity contribution in [1.29, 1.82) is 0 Å². The highest BCUT2D eigenvalue weighted by molar-refractivity contribution is 5.79. The Balaban J connectivity index is 1.73. The predicted octanol–water partition coefficient (Wildman–Crippen LogP) is 2.86. The van der Waals surface area contributed by atoms with Crippen LogP contribution in [0.2, 0.25) is 0 Å². The van der Waals surface area contributed by atoms with Crippen molar-refractivity contribution in [2.24, 2.45) is 0 Å². The van der Waals surface area contributed by atoms with Gasteiger partial charge < -0.3 is 23.8 Å². The van der Waals surface area contributed by atoms with Crippen LogP contribution < -0.4 is 14.2 Å². The molecule has 2 aromatic rings. The van der Waals surface area contributed by atoms with Gasteiger partial charge in [-0.1, -0.05) is 30.3 Å². The minimum Gasteiger partial charge on any atom is -0.493 e. The Hall–Kier alpha value is -2.73. The number of nitrogens with zero attached hydrogens (tertiary/aromatic N) is 1. The van der Waals surface area contributed by atoms with E-state index in [1.54, 1.807) is 21.3 Å². The maximum absolute atomic E-state index is 12.9. The van der Waals surface area contributed by atoms with Crippen molar-refractivity contribution in [3.63, 3.8) is 0 Å². The molecule has 0 aliphatic carbocycles. The number of hydrogen-bond acceptors (Lipinski definition) is 5. The lowest BCUT2D eigenvalue weighted by atomic mass is 10.1. The number of amides is 1. The fourth-order valence-electron chi connectivity index (χ4n) is 3.27. The zero-order valence-electron chi connectivity index (χ0n) is 15.9. The first kappa shape index (κ1) is 19.0. The van der Waals surface area contributed by atoms with Crippen LogP contribution in [0.25, 0.3) is 0 Å². The molecule has 0 spiro atoms. The largest absolute Gasteiger partial charge is 0.493 e. The van der Waals surface area contributed by atoms with Gasteiger partial charge in [0.2, 0.25) is 11.7 Å². The molecule has 27 heavy (non-hydrogen) atoms. The second kappa shape index (κ2) is 8.77. The van der Waals surface area contributed by atoms with Gasteiger partial charge in [-0.15, -0.1) is 0 Å². The van der Waals surface area contributed by atoms with Crippen LogP contribution in [0.5, 0.6) is 17.2 Å². The number of hydrogen-bond donors (Lipinski definition) is 0. The van der Waals surface area contributed by atoms with Gasteiger partial charge in [0.25, 0.3) is 0 Å². The number of carbonyl (C=O) groups is 1. The molecule has 1 heterocycles. The summed E-state index contributed by atoms with van der Waals surface area (Å²) in [7, 11) is 4.69. The second-order valence-electron chi connectivity index (χ2n) is 6.32. The Morgan fingerprint density at radius 1 is 1.07 bits per heavy atom. The zero-order chi connectivity index (χ0) is 19.2. The molecule has 1 saturated heterocycles. The maximum Gasteiger partial charge on any atom is 0.227 e. The maximum atomic E-state index is 12.9. The van der Waals surface area contributed by atoms with Crippen LogP contribution in [0.1, 0.15) is 17.2 Å². The molecule has 1 atom stereocenters. The van der Waals surface area contributed by atoms with E-state index in [1.165, 1.54) is 0 Å². The molecule has 1 aliphatic rings. The summed E-state index contributed by atoms with van der Waals surface area (Å²) in [5, 5.41) is 0. The lowest BCUT2D eigenvalue weighted by Gasteiger charge is -2.33. The topological polar surface area (TPSA) is 57.2 Å². The van der Waals surface area contributed by atoms with Gasteiger partial charge >= 0.3 is 0 Å². The Labute approximate surface area is 159 Å². The number of ether oxygens (including phenoxy) is 4. The van der Waals surface area contributed by atoms with Crippen molar-refractivity contribution < 1.29 is 23.7 Å². The van der Waals surface area contributed by atoms with Crippen LogP contribution in [0.15, 0.2) is 42.5 Å². The average Bonchev–Trinajstić information content (AvgIpc) is 2.73. The first-order chi connectivity index (χ1) is 13.2. The molecule has 2 aromatic carbocycles. The molecule has 1 amide bonds. The van der Waals surface area contributed by atoms with Crippen LogP contribution >= 0.6 is 0 Å². The fourth-order valence-corrected chi connectivity index (χ4v) is 3.27. The van der Waals surface area contributed by atoms with E-state index in [-0.39, 0.29) is 18.4 Å². The quantitative estimate of drug-likeness (QED) is 0.782.